The molecule has 1 aliphatic carbocycles. The number of carbonyl (C=O) groups is 2. The van der Waals surface area contributed by atoms with Crippen LogP contribution in [0.5, 0.6) is 0 Å². The smallest absolute Gasteiger partial charge is 0.228 e. The average molecular weight is 293 g/mol. The quantitative estimate of drug-likeness (QED) is 0.778. The van der Waals surface area contributed by atoms with Crippen LogP contribution >= 0.6 is 0 Å². The molecule has 21 heavy (non-hydrogen) atoms. The SMILES string of the molecule is CCN1CCN(C(=O)[C@H]2CC(=O)N(C3CCCC3)C2)CC1. The standard InChI is InChI=1S/C16H27N3O2/c1-2-17-7-9-18(10-8-17)16(21)13-11-15(20)19(12-13)14-5-3-4-6-14/h13-14H,2-12H2,1H3/t13-/m0/s1. The Morgan fingerprint density at radius 1 is 1.14 bits per heavy atom. The van der Waals surface area contributed by atoms with Crippen molar-refractivity contribution in [1.82, 2.24) is 14.7 Å². The summed E-state index contributed by atoms with van der Waals surface area (Å²) in [5.74, 6) is 0.318. The van der Waals surface area contributed by atoms with E-state index < -0.39 is 0 Å². The van der Waals surface area contributed by atoms with Gasteiger partial charge in [-0.2, -0.15) is 0 Å². The molecule has 2 aliphatic heterocycles. The van der Waals surface area contributed by atoms with E-state index in [1.807, 2.05) is 9.80 Å². The molecule has 2 saturated heterocycles. The maximum Gasteiger partial charge on any atom is 0.228 e. The number of amides is 2. The highest BCUT2D eigenvalue weighted by Gasteiger charge is 2.40. The lowest BCUT2D eigenvalue weighted by Gasteiger charge is -2.35. The summed E-state index contributed by atoms with van der Waals surface area (Å²) in [7, 11) is 0. The van der Waals surface area contributed by atoms with Crippen molar-refractivity contribution in [3.8, 4) is 0 Å². The van der Waals surface area contributed by atoms with E-state index in [0.29, 0.717) is 19.0 Å². The van der Waals surface area contributed by atoms with Gasteiger partial charge >= 0.3 is 0 Å². The Hall–Kier alpha value is -1.10. The maximum absolute atomic E-state index is 12.6. The third kappa shape index (κ3) is 3.07. The van der Waals surface area contributed by atoms with Crippen molar-refractivity contribution in [2.45, 2.75) is 45.1 Å². The minimum absolute atomic E-state index is 0.0914. The third-order valence-corrected chi connectivity index (χ3v) is 5.40. The van der Waals surface area contributed by atoms with E-state index in [2.05, 4.69) is 11.8 Å². The van der Waals surface area contributed by atoms with Gasteiger partial charge in [-0.3, -0.25) is 9.59 Å². The van der Waals surface area contributed by atoms with Crippen molar-refractivity contribution in [2.75, 3.05) is 39.3 Å². The zero-order chi connectivity index (χ0) is 14.8. The van der Waals surface area contributed by atoms with Crippen molar-refractivity contribution < 1.29 is 9.59 Å². The van der Waals surface area contributed by atoms with Crippen LogP contribution in [-0.4, -0.2) is 71.8 Å². The molecule has 0 N–H and O–H groups in total. The summed E-state index contributed by atoms with van der Waals surface area (Å²) in [6.45, 7) is 7.45. The lowest BCUT2D eigenvalue weighted by molar-refractivity contribution is -0.137. The predicted molar refractivity (Wildman–Crippen MR) is 80.8 cm³/mol. The number of rotatable bonds is 3. The Kier molecular flexibility index (Phi) is 4.48. The molecule has 0 radical (unpaired) electrons. The largest absolute Gasteiger partial charge is 0.340 e. The monoisotopic (exact) mass is 293 g/mol. The van der Waals surface area contributed by atoms with Crippen LogP contribution in [0.15, 0.2) is 0 Å². The van der Waals surface area contributed by atoms with Gasteiger partial charge in [-0.25, -0.2) is 0 Å². The fraction of sp³-hybridized carbons (Fsp3) is 0.875. The second kappa shape index (κ2) is 6.34. The van der Waals surface area contributed by atoms with Gasteiger partial charge in [0.2, 0.25) is 11.8 Å². The van der Waals surface area contributed by atoms with Crippen molar-refractivity contribution >= 4 is 11.8 Å². The fourth-order valence-corrected chi connectivity index (χ4v) is 4.01. The number of piperazine rings is 1. The lowest BCUT2D eigenvalue weighted by atomic mass is 10.1. The molecular formula is C16H27N3O2. The van der Waals surface area contributed by atoms with E-state index in [0.717, 1.165) is 45.6 Å². The summed E-state index contributed by atoms with van der Waals surface area (Å²) in [6, 6.07) is 0.409. The second-order valence-electron chi connectivity index (χ2n) is 6.64. The van der Waals surface area contributed by atoms with Gasteiger partial charge in [0.05, 0.1) is 5.92 Å². The molecule has 5 heteroatoms. The molecule has 2 heterocycles. The highest BCUT2D eigenvalue weighted by molar-refractivity contribution is 5.89. The van der Waals surface area contributed by atoms with E-state index in [4.69, 9.17) is 0 Å². The molecule has 0 unspecified atom stereocenters. The molecule has 5 nitrogen and oxygen atoms in total. The van der Waals surface area contributed by atoms with Crippen LogP contribution in [0.25, 0.3) is 0 Å². The minimum Gasteiger partial charge on any atom is -0.340 e. The molecule has 0 bridgehead atoms. The van der Waals surface area contributed by atoms with Gasteiger partial charge in [-0.1, -0.05) is 19.8 Å². The molecular weight excluding hydrogens is 266 g/mol. The first-order chi connectivity index (χ1) is 10.2. The summed E-state index contributed by atoms with van der Waals surface area (Å²) < 4.78 is 0. The first kappa shape index (κ1) is 14.8. The summed E-state index contributed by atoms with van der Waals surface area (Å²) in [6.07, 6.45) is 5.14. The summed E-state index contributed by atoms with van der Waals surface area (Å²) in [5, 5.41) is 0. The van der Waals surface area contributed by atoms with Gasteiger partial charge < -0.3 is 14.7 Å². The topological polar surface area (TPSA) is 43.9 Å². The first-order valence-corrected chi connectivity index (χ1v) is 8.49. The Balaban J connectivity index is 1.55. The summed E-state index contributed by atoms with van der Waals surface area (Å²) in [4.78, 5) is 31.2. The highest BCUT2D eigenvalue weighted by Crippen LogP contribution is 2.30. The Bertz CT molecular complexity index is 398. The molecule has 0 aromatic heterocycles. The molecule has 3 rings (SSSR count). The molecule has 1 saturated carbocycles. The summed E-state index contributed by atoms with van der Waals surface area (Å²) in [5.41, 5.74) is 0. The molecule has 0 aromatic carbocycles. The highest BCUT2D eigenvalue weighted by atomic mass is 16.2. The van der Waals surface area contributed by atoms with Gasteiger partial charge in [0.15, 0.2) is 0 Å². The van der Waals surface area contributed by atoms with E-state index in [1.54, 1.807) is 0 Å². The van der Waals surface area contributed by atoms with Gasteiger partial charge in [-0.05, 0) is 19.4 Å². The first-order valence-electron chi connectivity index (χ1n) is 8.49. The molecule has 0 aromatic rings. The van der Waals surface area contributed by atoms with Crippen molar-refractivity contribution in [1.29, 1.82) is 0 Å². The molecule has 3 fully saturated rings. The van der Waals surface area contributed by atoms with Crippen LogP contribution in [0.3, 0.4) is 0 Å². The molecule has 1 atom stereocenters. The molecule has 0 spiro atoms. The van der Waals surface area contributed by atoms with E-state index in [9.17, 15) is 9.59 Å². The van der Waals surface area contributed by atoms with Gasteiger partial charge in [0, 0.05) is 45.2 Å². The second-order valence-corrected chi connectivity index (χ2v) is 6.64. The Labute approximate surface area is 127 Å². The number of hydrogen-bond acceptors (Lipinski definition) is 3. The molecule has 2 amide bonds. The predicted octanol–water partition coefficient (Wildman–Crippen LogP) is 0.942. The van der Waals surface area contributed by atoms with Crippen LogP contribution in [0.4, 0.5) is 0 Å². The van der Waals surface area contributed by atoms with Crippen LogP contribution < -0.4 is 0 Å². The number of carbonyl (C=O) groups excluding carboxylic acids is 2. The van der Waals surface area contributed by atoms with Crippen LogP contribution in [0.2, 0.25) is 0 Å². The molecule has 3 aliphatic rings. The lowest BCUT2D eigenvalue weighted by Crippen LogP contribution is -2.50. The van der Waals surface area contributed by atoms with E-state index in [-0.39, 0.29) is 17.7 Å². The minimum atomic E-state index is -0.0914. The van der Waals surface area contributed by atoms with Crippen LogP contribution in [-0.2, 0) is 9.59 Å². The average Bonchev–Trinajstić information content (AvgIpc) is 3.15. The van der Waals surface area contributed by atoms with Crippen molar-refractivity contribution in [3.05, 3.63) is 0 Å². The fourth-order valence-electron chi connectivity index (χ4n) is 4.01. The van der Waals surface area contributed by atoms with Gasteiger partial charge in [0.25, 0.3) is 0 Å². The van der Waals surface area contributed by atoms with Crippen molar-refractivity contribution in [3.63, 3.8) is 0 Å². The normalized spacial score (nSPS) is 28.6. The maximum atomic E-state index is 12.6. The third-order valence-electron chi connectivity index (χ3n) is 5.40. The van der Waals surface area contributed by atoms with E-state index in [1.165, 1.54) is 12.8 Å². The van der Waals surface area contributed by atoms with Crippen LogP contribution in [0, 0.1) is 5.92 Å². The van der Waals surface area contributed by atoms with Crippen molar-refractivity contribution in [2.24, 2.45) is 5.92 Å². The van der Waals surface area contributed by atoms with Gasteiger partial charge in [-0.15, -0.1) is 0 Å². The zero-order valence-electron chi connectivity index (χ0n) is 13.1. The zero-order valence-corrected chi connectivity index (χ0v) is 13.1. The van der Waals surface area contributed by atoms with Crippen LogP contribution in [0.1, 0.15) is 39.0 Å². The van der Waals surface area contributed by atoms with Gasteiger partial charge in [0.1, 0.15) is 0 Å². The number of likely N-dealkylation sites (N-methyl/N-ethyl adjacent to an activating group) is 1. The Morgan fingerprint density at radius 2 is 1.81 bits per heavy atom. The Morgan fingerprint density at radius 3 is 2.43 bits per heavy atom. The number of nitrogens with zero attached hydrogens (tertiary/aromatic N) is 3. The van der Waals surface area contributed by atoms with E-state index >= 15 is 0 Å². The molecule has 118 valence electrons. The number of likely N-dealkylation sites (tertiary alicyclic amines) is 1. The number of hydrogen-bond donors (Lipinski definition) is 0. The summed E-state index contributed by atoms with van der Waals surface area (Å²) >= 11 is 0.